The monoisotopic (exact) mass is 260 g/mol. The van der Waals surface area contributed by atoms with E-state index in [1.54, 1.807) is 19.2 Å². The fraction of sp³-hybridized carbons (Fsp3) is 0.273. The van der Waals surface area contributed by atoms with Crippen molar-refractivity contribution in [3.63, 3.8) is 0 Å². The fourth-order valence-corrected chi connectivity index (χ4v) is 1.69. The minimum Gasteiger partial charge on any atom is -0.383 e. The summed E-state index contributed by atoms with van der Waals surface area (Å²) in [4.78, 5) is 16.2. The largest absolute Gasteiger partial charge is 1.00 e. The van der Waals surface area contributed by atoms with Gasteiger partial charge in [-0.2, -0.15) is 12.1 Å². The predicted octanol–water partition coefficient (Wildman–Crippen LogP) is -1.50. The molecule has 4 nitrogen and oxygen atoms in total. The van der Waals surface area contributed by atoms with Gasteiger partial charge in [-0.1, -0.05) is 5.02 Å². The Morgan fingerprint density at radius 2 is 2.35 bits per heavy atom. The van der Waals surface area contributed by atoms with E-state index in [4.69, 9.17) is 16.3 Å². The number of hydrogen-bond acceptors (Lipinski definition) is 3. The fourth-order valence-electron chi connectivity index (χ4n) is 1.45. The van der Waals surface area contributed by atoms with E-state index in [0.717, 1.165) is 0 Å². The Bertz CT molecular complexity index is 571. The second kappa shape index (κ2) is 6.52. The van der Waals surface area contributed by atoms with Gasteiger partial charge >= 0.3 is 29.6 Å². The standard InChI is InChI=1S/C11H10ClN2O2.Na/c1-16-6-5-14-7-13-9-4-2-3-8(12)10(9)11(14)15;/h2,4,7H,5-6H2,1H3;/q-1;+1. The van der Waals surface area contributed by atoms with Crippen LogP contribution in [0.4, 0.5) is 0 Å². The third-order valence-electron chi connectivity index (χ3n) is 2.27. The topological polar surface area (TPSA) is 44.1 Å². The number of hydrogen-bond donors (Lipinski definition) is 0. The van der Waals surface area contributed by atoms with Crippen LogP contribution in [0, 0.1) is 6.07 Å². The smallest absolute Gasteiger partial charge is 0.383 e. The van der Waals surface area contributed by atoms with Crippen molar-refractivity contribution in [2.24, 2.45) is 0 Å². The molecule has 0 saturated heterocycles. The van der Waals surface area contributed by atoms with Gasteiger partial charge in [0.25, 0.3) is 0 Å². The van der Waals surface area contributed by atoms with E-state index in [-0.39, 0.29) is 35.1 Å². The quantitative estimate of drug-likeness (QED) is 0.498. The van der Waals surface area contributed by atoms with Gasteiger partial charge < -0.3 is 9.30 Å². The van der Waals surface area contributed by atoms with Gasteiger partial charge in [0, 0.05) is 13.7 Å². The van der Waals surface area contributed by atoms with E-state index in [0.29, 0.717) is 29.1 Å². The third-order valence-corrected chi connectivity index (χ3v) is 2.57. The summed E-state index contributed by atoms with van der Waals surface area (Å²) in [5.41, 5.74) is 0.423. The molecule has 1 heterocycles. The van der Waals surface area contributed by atoms with Crippen LogP contribution in [0.25, 0.3) is 10.9 Å². The molecule has 1 aromatic heterocycles. The van der Waals surface area contributed by atoms with Gasteiger partial charge in [-0.15, -0.1) is 17.7 Å². The summed E-state index contributed by atoms with van der Waals surface area (Å²) in [6.07, 6.45) is 1.50. The Hall–Kier alpha value is -0.390. The summed E-state index contributed by atoms with van der Waals surface area (Å²) >= 11 is 5.93. The van der Waals surface area contributed by atoms with E-state index in [1.165, 1.54) is 10.9 Å². The van der Waals surface area contributed by atoms with Crippen LogP contribution in [0.15, 0.2) is 23.3 Å². The molecule has 0 saturated carbocycles. The van der Waals surface area contributed by atoms with Gasteiger partial charge in [-0.25, -0.2) is 0 Å². The maximum atomic E-state index is 12.0. The maximum absolute atomic E-state index is 12.0. The molecule has 0 aliphatic rings. The number of halogens is 1. The molecule has 0 radical (unpaired) electrons. The van der Waals surface area contributed by atoms with Crippen LogP contribution in [-0.4, -0.2) is 23.3 Å². The first-order valence-corrected chi connectivity index (χ1v) is 5.16. The van der Waals surface area contributed by atoms with Gasteiger partial charge in [-0.3, -0.25) is 9.78 Å². The van der Waals surface area contributed by atoms with Gasteiger partial charge in [-0.05, 0) is 10.9 Å². The molecule has 2 aromatic rings. The number of benzene rings is 1. The van der Waals surface area contributed by atoms with Gasteiger partial charge in [0.05, 0.1) is 12.9 Å². The molecule has 84 valence electrons. The molecule has 0 aliphatic heterocycles. The van der Waals surface area contributed by atoms with E-state index >= 15 is 0 Å². The molecule has 2 rings (SSSR count). The molecular formula is C11H10ClN2NaO2. The summed E-state index contributed by atoms with van der Waals surface area (Å²) in [6.45, 7) is 0.921. The van der Waals surface area contributed by atoms with Crippen LogP contribution in [0.2, 0.25) is 5.02 Å². The second-order valence-corrected chi connectivity index (χ2v) is 3.67. The molecule has 0 unspecified atom stereocenters. The Balaban J connectivity index is 0.00000144. The molecular weight excluding hydrogens is 251 g/mol. The van der Waals surface area contributed by atoms with E-state index in [2.05, 4.69) is 11.1 Å². The molecule has 0 bridgehead atoms. The summed E-state index contributed by atoms with van der Waals surface area (Å²) < 4.78 is 6.39. The van der Waals surface area contributed by atoms with Crippen LogP contribution in [0.3, 0.4) is 0 Å². The molecule has 17 heavy (non-hydrogen) atoms. The minimum absolute atomic E-state index is 0. The Morgan fingerprint density at radius 1 is 1.59 bits per heavy atom. The zero-order valence-corrected chi connectivity index (χ0v) is 12.5. The first kappa shape index (κ1) is 14.7. The van der Waals surface area contributed by atoms with E-state index < -0.39 is 0 Å². The summed E-state index contributed by atoms with van der Waals surface area (Å²) in [7, 11) is 1.58. The SMILES string of the molecule is COCCn1cnc2cc[c-]c(Cl)c2c1=O.[Na+]. The number of nitrogens with zero attached hydrogens (tertiary/aromatic N) is 2. The second-order valence-electron chi connectivity index (χ2n) is 3.29. The Kier molecular flexibility index (Phi) is 5.62. The number of aromatic nitrogens is 2. The van der Waals surface area contributed by atoms with E-state index in [9.17, 15) is 4.79 Å². The first-order chi connectivity index (χ1) is 7.74. The van der Waals surface area contributed by atoms with E-state index in [1.807, 2.05) is 0 Å². The number of ether oxygens (including phenoxy) is 1. The van der Waals surface area contributed by atoms with Crippen molar-refractivity contribution in [1.29, 1.82) is 0 Å². The van der Waals surface area contributed by atoms with Crippen molar-refractivity contribution < 1.29 is 34.3 Å². The molecule has 0 amide bonds. The molecule has 6 heteroatoms. The van der Waals surface area contributed by atoms with Gasteiger partial charge in [0.1, 0.15) is 0 Å². The molecule has 0 fully saturated rings. The van der Waals surface area contributed by atoms with Crippen molar-refractivity contribution >= 4 is 22.5 Å². The van der Waals surface area contributed by atoms with Crippen LogP contribution in [-0.2, 0) is 11.3 Å². The summed E-state index contributed by atoms with van der Waals surface area (Å²) in [6, 6.07) is 6.14. The number of fused-ring (bicyclic) bond motifs is 1. The van der Waals surface area contributed by atoms with Crippen molar-refractivity contribution in [3.05, 3.63) is 39.9 Å². The van der Waals surface area contributed by atoms with Crippen molar-refractivity contribution in [1.82, 2.24) is 9.55 Å². The van der Waals surface area contributed by atoms with Crippen molar-refractivity contribution in [3.8, 4) is 0 Å². The summed E-state index contributed by atoms with van der Waals surface area (Å²) in [5.74, 6) is 0. The molecule has 0 atom stereocenters. The maximum Gasteiger partial charge on any atom is 1.00 e. The zero-order valence-electron chi connectivity index (χ0n) is 9.74. The van der Waals surface area contributed by atoms with Gasteiger partial charge in [0.2, 0.25) is 5.56 Å². The van der Waals surface area contributed by atoms with Crippen LogP contribution >= 0.6 is 11.6 Å². The van der Waals surface area contributed by atoms with Crippen molar-refractivity contribution in [2.45, 2.75) is 6.54 Å². The van der Waals surface area contributed by atoms with Crippen molar-refractivity contribution in [2.75, 3.05) is 13.7 Å². The molecule has 0 aliphatic carbocycles. The number of methoxy groups -OCH3 is 1. The normalized spacial score (nSPS) is 10.2. The zero-order chi connectivity index (χ0) is 11.5. The minimum atomic E-state index is -0.163. The average molecular weight is 261 g/mol. The molecule has 0 N–H and O–H groups in total. The average Bonchev–Trinajstić information content (AvgIpc) is 2.28. The summed E-state index contributed by atoms with van der Waals surface area (Å²) in [5, 5.41) is 0.713. The number of rotatable bonds is 3. The van der Waals surface area contributed by atoms with Gasteiger partial charge in [0.15, 0.2) is 0 Å². The van der Waals surface area contributed by atoms with Crippen LogP contribution in [0.1, 0.15) is 0 Å². The first-order valence-electron chi connectivity index (χ1n) is 4.78. The Labute approximate surface area is 126 Å². The third kappa shape index (κ3) is 3.09. The molecule has 0 spiro atoms. The Morgan fingerprint density at radius 3 is 3.06 bits per heavy atom. The van der Waals surface area contributed by atoms with Crippen LogP contribution < -0.4 is 35.1 Å². The molecule has 1 aromatic carbocycles. The van der Waals surface area contributed by atoms with Crippen LogP contribution in [0.5, 0.6) is 0 Å². The predicted molar refractivity (Wildman–Crippen MR) is 61.7 cm³/mol.